The summed E-state index contributed by atoms with van der Waals surface area (Å²) in [6.07, 6.45) is -4.73. The molecule has 6 atom stereocenters. The van der Waals surface area contributed by atoms with Crippen LogP contribution in [0.25, 0.3) is 0 Å². The minimum Gasteiger partial charge on any atom is -0.387 e. The molecule has 0 saturated carbocycles. The zero-order chi connectivity index (χ0) is 23.1. The molecule has 6 unspecified atom stereocenters. The van der Waals surface area contributed by atoms with E-state index in [2.05, 4.69) is 13.1 Å². The van der Waals surface area contributed by atoms with E-state index in [9.17, 15) is 37.7 Å². The highest BCUT2D eigenvalue weighted by atomic mass is 31.3. The fourth-order valence-corrected chi connectivity index (χ4v) is 5.46. The fraction of sp³-hybridized carbons (Fsp3) is 0.600. The lowest BCUT2D eigenvalue weighted by molar-refractivity contribution is -0.0604. The lowest BCUT2D eigenvalue weighted by Gasteiger charge is -2.24. The van der Waals surface area contributed by atoms with Crippen molar-refractivity contribution >= 4 is 23.5 Å². The van der Waals surface area contributed by atoms with Gasteiger partial charge in [0.15, 0.2) is 11.9 Å². The number of aromatic nitrogens is 2. The van der Waals surface area contributed by atoms with Gasteiger partial charge in [-0.1, -0.05) is 0 Å². The second kappa shape index (κ2) is 8.47. The number of ether oxygens (including phenoxy) is 1. The van der Waals surface area contributed by atoms with Crippen LogP contribution >= 0.6 is 23.5 Å². The van der Waals surface area contributed by atoms with E-state index in [4.69, 9.17) is 19.4 Å². The van der Waals surface area contributed by atoms with Gasteiger partial charge in [-0.25, -0.2) is 22.9 Å². The van der Waals surface area contributed by atoms with Crippen LogP contribution in [-0.2, 0) is 31.6 Å². The molecule has 2 rings (SSSR count). The summed E-state index contributed by atoms with van der Waals surface area (Å²) >= 11 is 0. The van der Waals surface area contributed by atoms with Crippen molar-refractivity contribution in [3.05, 3.63) is 33.1 Å². The molecule has 1 fully saturated rings. The minimum atomic E-state index is -5.77. The van der Waals surface area contributed by atoms with Crippen LogP contribution < -0.4 is 11.2 Å². The van der Waals surface area contributed by atoms with Gasteiger partial charge in [0.25, 0.3) is 5.56 Å². The zero-order valence-corrected chi connectivity index (χ0v) is 17.4. The Morgan fingerprint density at radius 3 is 2.33 bits per heavy atom. The summed E-state index contributed by atoms with van der Waals surface area (Å²) in [5, 5.41) is 10.1. The Hall–Kier alpha value is -1.06. The Morgan fingerprint density at radius 2 is 1.80 bits per heavy atom. The Morgan fingerprint density at radius 1 is 1.20 bits per heavy atom. The first-order valence-electron chi connectivity index (χ1n) is 7.56. The third-order valence-electron chi connectivity index (χ3n) is 3.64. The van der Waals surface area contributed by atoms with Crippen molar-refractivity contribution in [2.75, 3.05) is 6.61 Å². The molecule has 0 bridgehead atoms. The molecule has 1 aliphatic heterocycles. The number of nitrogens with zero attached hydrogens (tertiary/aromatic N) is 1. The monoisotopic (exact) mass is 500 g/mol. The molecule has 0 amide bonds. The van der Waals surface area contributed by atoms with Gasteiger partial charge in [-0.3, -0.25) is 18.9 Å². The summed E-state index contributed by atoms with van der Waals surface area (Å²) in [6.45, 7) is -0.316. The second-order valence-electron chi connectivity index (χ2n) is 6.03. The van der Waals surface area contributed by atoms with Crippen LogP contribution in [-0.4, -0.2) is 58.7 Å². The summed E-state index contributed by atoms with van der Waals surface area (Å²) in [6, 6.07) is 0.868. The number of phosphoric ester groups is 1. The van der Waals surface area contributed by atoms with Crippen LogP contribution in [0.4, 0.5) is 4.39 Å². The van der Waals surface area contributed by atoms with Crippen molar-refractivity contribution in [3.63, 3.8) is 0 Å². The van der Waals surface area contributed by atoms with Crippen molar-refractivity contribution in [2.24, 2.45) is 0 Å². The number of rotatable bonds is 8. The number of nitrogens with one attached hydrogen (secondary N) is 1. The van der Waals surface area contributed by atoms with Gasteiger partial charge in [0.1, 0.15) is 12.2 Å². The Balaban J connectivity index is 2.13. The second-order valence-corrected chi connectivity index (χ2v) is 10.4. The fourth-order valence-electron chi connectivity index (χ4n) is 2.43. The lowest BCUT2D eigenvalue weighted by atomic mass is 9.98. The van der Waals surface area contributed by atoms with E-state index >= 15 is 0 Å². The highest BCUT2D eigenvalue weighted by molar-refractivity contribution is 7.66. The topological polar surface area (TPSA) is 244 Å². The minimum absolute atomic E-state index is 0.593. The standard InChI is InChI=1S/C10H16FN2O14P3/c1-10(11)7(15)5(25-8(10)13-3-2-6(14)12-9(13)16)4-24-29(20,21)27-30(22,23)26-28(17,18)19/h2-3,5,7-8,15H,4H2,1H3,(H,20,21)(H,22,23)(H,12,14,16)(H2,17,18,19). The van der Waals surface area contributed by atoms with E-state index in [0.29, 0.717) is 4.57 Å². The van der Waals surface area contributed by atoms with Crippen LogP contribution in [0.3, 0.4) is 0 Å². The maximum Gasteiger partial charge on any atom is 0.490 e. The van der Waals surface area contributed by atoms with E-state index in [-0.39, 0.29) is 0 Å². The Labute approximate surface area is 165 Å². The highest BCUT2D eigenvalue weighted by Crippen LogP contribution is 2.66. The Kier molecular flexibility index (Phi) is 7.11. The third-order valence-corrected chi connectivity index (χ3v) is 7.44. The molecule has 1 aromatic rings. The molecule has 0 spiro atoms. The SMILES string of the molecule is CC1(F)C(O)C(COP(=O)(O)OP(=O)(O)OP(=O)(O)O)OC1n1ccc(=O)[nH]c1=O. The lowest BCUT2D eigenvalue weighted by Crippen LogP contribution is -2.43. The molecule has 1 aromatic heterocycles. The number of aliphatic hydroxyl groups excluding tert-OH is 1. The van der Waals surface area contributed by atoms with Crippen molar-refractivity contribution < 1.29 is 60.6 Å². The largest absolute Gasteiger partial charge is 0.490 e. The van der Waals surface area contributed by atoms with Gasteiger partial charge in [0.05, 0.1) is 6.61 Å². The molecule has 6 N–H and O–H groups in total. The summed E-state index contributed by atoms with van der Waals surface area (Å²) in [4.78, 5) is 60.1. The number of phosphoric acid groups is 3. The molecule has 1 aliphatic rings. The van der Waals surface area contributed by atoms with Crippen molar-refractivity contribution in [1.29, 1.82) is 0 Å². The third kappa shape index (κ3) is 6.23. The van der Waals surface area contributed by atoms with Crippen LogP contribution in [0.5, 0.6) is 0 Å². The highest BCUT2D eigenvalue weighted by Gasteiger charge is 2.56. The summed E-state index contributed by atoms with van der Waals surface area (Å²) in [7, 11) is -16.9. The number of aromatic amines is 1. The summed E-state index contributed by atoms with van der Waals surface area (Å²) in [5.74, 6) is 0. The van der Waals surface area contributed by atoms with Crippen LogP contribution in [0.15, 0.2) is 21.9 Å². The van der Waals surface area contributed by atoms with Gasteiger partial charge in [-0.15, -0.1) is 0 Å². The van der Waals surface area contributed by atoms with E-state index in [1.807, 2.05) is 4.98 Å². The van der Waals surface area contributed by atoms with Gasteiger partial charge in [0.2, 0.25) is 0 Å². The van der Waals surface area contributed by atoms with E-state index in [1.165, 1.54) is 0 Å². The maximum atomic E-state index is 14.9. The van der Waals surface area contributed by atoms with Gasteiger partial charge < -0.3 is 29.4 Å². The quantitative estimate of drug-likeness (QED) is 0.231. The summed E-state index contributed by atoms with van der Waals surface area (Å²) in [5.41, 5.74) is -4.55. The predicted octanol–water partition coefficient (Wildman–Crippen LogP) is -1.13. The predicted molar refractivity (Wildman–Crippen MR) is 90.6 cm³/mol. The smallest absolute Gasteiger partial charge is 0.387 e. The molecule has 0 aromatic carbocycles. The van der Waals surface area contributed by atoms with E-state index in [0.717, 1.165) is 19.2 Å². The van der Waals surface area contributed by atoms with Crippen LogP contribution in [0.1, 0.15) is 13.2 Å². The van der Waals surface area contributed by atoms with Crippen LogP contribution in [0, 0.1) is 0 Å². The molecule has 16 nitrogen and oxygen atoms in total. The molecular weight excluding hydrogens is 484 g/mol. The van der Waals surface area contributed by atoms with Gasteiger partial charge in [-0.05, 0) is 6.92 Å². The molecule has 0 radical (unpaired) electrons. The number of H-pyrrole nitrogens is 1. The molecule has 1 saturated heterocycles. The molecule has 172 valence electrons. The first kappa shape index (κ1) is 25.2. The van der Waals surface area contributed by atoms with E-state index in [1.54, 1.807) is 0 Å². The first-order valence-corrected chi connectivity index (χ1v) is 12.1. The number of hydrogen-bond donors (Lipinski definition) is 6. The van der Waals surface area contributed by atoms with Gasteiger partial charge in [0, 0.05) is 12.3 Å². The molecule has 30 heavy (non-hydrogen) atoms. The zero-order valence-electron chi connectivity index (χ0n) is 14.7. The molecule has 20 heteroatoms. The van der Waals surface area contributed by atoms with Gasteiger partial charge in [-0.2, -0.15) is 8.62 Å². The average Bonchev–Trinajstić information content (AvgIpc) is 2.73. The van der Waals surface area contributed by atoms with Crippen molar-refractivity contribution in [1.82, 2.24) is 9.55 Å². The van der Waals surface area contributed by atoms with Gasteiger partial charge >= 0.3 is 29.2 Å². The first-order chi connectivity index (χ1) is 13.4. The number of hydrogen-bond acceptors (Lipinski definition) is 10. The van der Waals surface area contributed by atoms with Crippen LogP contribution in [0.2, 0.25) is 0 Å². The maximum absolute atomic E-state index is 14.9. The molecule has 2 heterocycles. The number of alkyl halides is 1. The normalized spacial score (nSPS) is 31.2. The Bertz CT molecular complexity index is 1050. The average molecular weight is 500 g/mol. The summed E-state index contributed by atoms with van der Waals surface area (Å²) < 4.78 is 65.4. The number of aliphatic hydroxyl groups is 1. The molecule has 0 aliphatic carbocycles. The van der Waals surface area contributed by atoms with E-state index < -0.39 is 65.4 Å². The number of halogens is 1. The molecular formula is C10H16FN2O14P3. The van der Waals surface area contributed by atoms with Crippen molar-refractivity contribution in [2.45, 2.75) is 31.0 Å². The van der Waals surface area contributed by atoms with Crippen molar-refractivity contribution in [3.8, 4) is 0 Å².